The Morgan fingerprint density at radius 1 is 0.486 bits per heavy atom. The zero-order valence-electron chi connectivity index (χ0n) is 39.8. The van der Waals surface area contributed by atoms with E-state index in [0.717, 1.165) is 133 Å². The van der Waals surface area contributed by atoms with Gasteiger partial charge in [0.05, 0.1) is 13.2 Å². The van der Waals surface area contributed by atoms with Crippen molar-refractivity contribution in [3.05, 3.63) is 179 Å². The van der Waals surface area contributed by atoms with E-state index in [-0.39, 0.29) is 16.7 Å². The highest BCUT2D eigenvalue weighted by Crippen LogP contribution is 2.43. The molecule has 2 unspecified atom stereocenters. The third-order valence-corrected chi connectivity index (χ3v) is 13.9. The predicted octanol–water partition coefficient (Wildman–Crippen LogP) is 14.0. The van der Waals surface area contributed by atoms with Crippen LogP contribution < -0.4 is 29.6 Å². The van der Waals surface area contributed by atoms with Gasteiger partial charge in [0, 0.05) is 5.56 Å². The molecule has 6 aromatic rings. The summed E-state index contributed by atoms with van der Waals surface area (Å²) in [4.78, 5) is 46.8. The van der Waals surface area contributed by atoms with Crippen LogP contribution in [-0.2, 0) is 45.0 Å². The molecule has 8 rings (SSSR count). The van der Waals surface area contributed by atoms with Crippen molar-refractivity contribution >= 4 is 45.8 Å². The SMILES string of the molecule is CCCc1cc(Oc2ccccc2)ccc1OCCCCc1ccc(C2(C)SC(=O)NC2=O)cc1.CCCc1cc(Oc2ccccc2)ccc1OCCCCc1ccc(C2(F)SC(=O)NC2=O)cc1. The number of aryl methyl sites for hydroxylation is 4. The Morgan fingerprint density at radius 3 is 1.34 bits per heavy atom. The first-order valence-corrected chi connectivity index (χ1v) is 25.5. The number of halogens is 1. The average molecular weight is 983 g/mol. The lowest BCUT2D eigenvalue weighted by Crippen LogP contribution is -2.31. The number of carbonyl (C=O) groups excluding carboxylic acids is 4. The summed E-state index contributed by atoms with van der Waals surface area (Å²) in [5, 5.41) is 1.07. The van der Waals surface area contributed by atoms with Crippen molar-refractivity contribution in [1.29, 1.82) is 0 Å². The number of alkyl halides is 1. The van der Waals surface area contributed by atoms with E-state index < -0.39 is 20.9 Å². The number of amides is 4. The van der Waals surface area contributed by atoms with Gasteiger partial charge in [0.15, 0.2) is 0 Å². The van der Waals surface area contributed by atoms with Crippen molar-refractivity contribution in [3.63, 3.8) is 0 Å². The van der Waals surface area contributed by atoms with E-state index in [4.69, 9.17) is 18.9 Å². The lowest BCUT2D eigenvalue weighted by atomic mass is 9.97. The van der Waals surface area contributed by atoms with E-state index in [0.29, 0.717) is 25.0 Å². The Morgan fingerprint density at radius 2 is 0.929 bits per heavy atom. The van der Waals surface area contributed by atoms with E-state index in [1.807, 2.05) is 121 Å². The molecule has 0 aromatic heterocycles. The highest BCUT2D eigenvalue weighted by Gasteiger charge is 2.50. The van der Waals surface area contributed by atoms with Crippen molar-refractivity contribution in [2.24, 2.45) is 0 Å². The highest BCUT2D eigenvalue weighted by atomic mass is 32.2. The van der Waals surface area contributed by atoms with Gasteiger partial charge >= 0.3 is 0 Å². The molecule has 0 radical (unpaired) electrons. The van der Waals surface area contributed by atoms with Gasteiger partial charge in [0.2, 0.25) is 5.91 Å². The number of hydrogen-bond donors (Lipinski definition) is 2. The Kier molecular flexibility index (Phi) is 18.2. The standard InChI is InChI=1S/C29H31NO4S.C28H28FNO4S/c1-3-9-22-20-25(34-24-11-5-4-6-12-24)17-18-26(22)33-19-8-7-10-21-13-15-23(16-14-21)29(2)27(31)30-28(32)35-29;1-2-8-21-19-24(34-23-10-4-3-5-11-23)16-17-25(21)33-18-7-6-9-20-12-14-22(15-13-20)28(29)26(31)30-27(32)35-28/h4-6,11-18,20H,3,7-10,19H2,1-2H3,(H,30,31,32);3-5,10-17,19H,2,6-9,18H2,1H3,(H,30,31,32). The number of imide groups is 2. The second kappa shape index (κ2) is 24.8. The second-order valence-corrected chi connectivity index (χ2v) is 19.7. The van der Waals surface area contributed by atoms with Gasteiger partial charge in [-0.05, 0) is 170 Å². The molecule has 2 saturated heterocycles. The number of rotatable bonds is 22. The summed E-state index contributed by atoms with van der Waals surface area (Å²) >= 11 is 1.41. The van der Waals surface area contributed by atoms with E-state index in [1.165, 1.54) is 5.56 Å². The second-order valence-electron chi connectivity index (χ2n) is 17.2. The molecule has 2 aliphatic rings. The lowest BCUT2D eigenvalue weighted by Gasteiger charge is -2.19. The smallest absolute Gasteiger partial charge is 0.289 e. The van der Waals surface area contributed by atoms with Crippen LogP contribution >= 0.6 is 23.5 Å². The molecule has 4 amide bonds. The van der Waals surface area contributed by atoms with Crippen LogP contribution in [0.1, 0.15) is 92.7 Å². The van der Waals surface area contributed by atoms with Crippen LogP contribution in [0.25, 0.3) is 0 Å². The Bertz CT molecular complexity index is 2520. The maximum Gasteiger partial charge on any atom is 0.289 e. The van der Waals surface area contributed by atoms with Crippen molar-refractivity contribution < 1.29 is 42.5 Å². The molecule has 0 saturated carbocycles. The lowest BCUT2D eigenvalue weighted by molar-refractivity contribution is -0.126. The summed E-state index contributed by atoms with van der Waals surface area (Å²) in [5.74, 6) is 3.88. The molecule has 2 fully saturated rings. The third kappa shape index (κ3) is 13.8. The minimum absolute atomic E-state index is 0.182. The molecule has 10 nitrogen and oxygen atoms in total. The Balaban J connectivity index is 0.000000206. The average Bonchev–Trinajstić information content (AvgIpc) is 3.80. The Labute approximate surface area is 418 Å². The van der Waals surface area contributed by atoms with Crippen LogP contribution in [0.15, 0.2) is 146 Å². The molecule has 2 atom stereocenters. The zero-order valence-corrected chi connectivity index (χ0v) is 41.4. The van der Waals surface area contributed by atoms with Crippen LogP contribution in [0.5, 0.6) is 34.5 Å². The van der Waals surface area contributed by atoms with Crippen LogP contribution in [0, 0.1) is 0 Å². The molecule has 70 heavy (non-hydrogen) atoms. The quantitative estimate of drug-likeness (QED) is 0.0634. The van der Waals surface area contributed by atoms with Crippen molar-refractivity contribution in [2.45, 2.75) is 94.7 Å². The van der Waals surface area contributed by atoms with Gasteiger partial charge in [-0.25, -0.2) is 4.39 Å². The number of unbranched alkanes of at least 4 members (excludes halogenated alkanes) is 2. The molecule has 0 aliphatic carbocycles. The van der Waals surface area contributed by atoms with Gasteiger partial charge in [-0.1, -0.05) is 112 Å². The van der Waals surface area contributed by atoms with Gasteiger partial charge in [0.1, 0.15) is 39.2 Å². The van der Waals surface area contributed by atoms with Crippen molar-refractivity contribution in [2.75, 3.05) is 13.2 Å². The van der Waals surface area contributed by atoms with E-state index in [9.17, 15) is 23.6 Å². The molecular weight excluding hydrogens is 924 g/mol. The van der Waals surface area contributed by atoms with Crippen LogP contribution in [0.3, 0.4) is 0 Å². The van der Waals surface area contributed by atoms with E-state index in [2.05, 4.69) is 25.2 Å². The third-order valence-electron chi connectivity index (χ3n) is 11.8. The Hall–Kier alpha value is -6.57. The summed E-state index contributed by atoms with van der Waals surface area (Å²) in [6.07, 6.45) is 9.37. The molecular formula is C57H59FN2O8S2. The normalized spacial score (nSPS) is 17.3. The van der Waals surface area contributed by atoms with Crippen molar-refractivity contribution in [3.8, 4) is 34.5 Å². The zero-order chi connectivity index (χ0) is 49.4. The van der Waals surface area contributed by atoms with E-state index >= 15 is 0 Å². The first kappa shape index (κ1) is 51.3. The molecule has 2 N–H and O–H groups in total. The summed E-state index contributed by atoms with van der Waals surface area (Å²) in [5.41, 5.74) is 5.57. The van der Waals surface area contributed by atoms with Gasteiger partial charge < -0.3 is 18.9 Å². The largest absolute Gasteiger partial charge is 0.493 e. The first-order chi connectivity index (χ1) is 33.9. The number of ether oxygens (including phenoxy) is 4. The molecule has 2 aliphatic heterocycles. The molecule has 2 heterocycles. The van der Waals surface area contributed by atoms with Gasteiger partial charge in [-0.2, -0.15) is 0 Å². The fourth-order valence-corrected chi connectivity index (χ4v) is 9.73. The number of benzene rings is 6. The van der Waals surface area contributed by atoms with Gasteiger partial charge in [-0.3, -0.25) is 29.8 Å². The van der Waals surface area contributed by atoms with Crippen LogP contribution in [0.2, 0.25) is 0 Å². The van der Waals surface area contributed by atoms with Crippen LogP contribution in [0.4, 0.5) is 14.0 Å². The van der Waals surface area contributed by atoms with Gasteiger partial charge in [-0.15, -0.1) is 0 Å². The summed E-state index contributed by atoms with van der Waals surface area (Å²) in [6, 6.07) is 46.2. The highest BCUT2D eigenvalue weighted by molar-refractivity contribution is 8.15. The predicted molar refractivity (Wildman–Crippen MR) is 276 cm³/mol. The van der Waals surface area contributed by atoms with Crippen LogP contribution in [-0.4, -0.2) is 35.5 Å². The maximum atomic E-state index is 14.9. The molecule has 364 valence electrons. The minimum atomic E-state index is -2.35. The molecule has 0 bridgehead atoms. The summed E-state index contributed by atoms with van der Waals surface area (Å²) in [6.45, 7) is 7.35. The number of para-hydroxylation sites is 2. The van der Waals surface area contributed by atoms with Gasteiger partial charge in [0.25, 0.3) is 21.4 Å². The topological polar surface area (TPSA) is 129 Å². The minimum Gasteiger partial charge on any atom is -0.493 e. The van der Waals surface area contributed by atoms with E-state index in [1.54, 1.807) is 31.2 Å². The number of hydrogen-bond acceptors (Lipinski definition) is 10. The fourth-order valence-electron chi connectivity index (χ4n) is 8.02. The van der Waals surface area contributed by atoms with Crippen molar-refractivity contribution in [1.82, 2.24) is 10.6 Å². The number of thioether (sulfide) groups is 2. The molecule has 13 heteroatoms. The monoisotopic (exact) mass is 982 g/mol. The first-order valence-electron chi connectivity index (χ1n) is 23.9. The molecule has 6 aromatic carbocycles. The summed E-state index contributed by atoms with van der Waals surface area (Å²) < 4.78 is 38.1. The number of carbonyl (C=O) groups is 4. The number of nitrogens with one attached hydrogen (secondary N) is 2. The molecule has 0 spiro atoms. The maximum absolute atomic E-state index is 14.9. The summed E-state index contributed by atoms with van der Waals surface area (Å²) in [7, 11) is 0. The fraction of sp³-hybridized carbons (Fsp3) is 0.298.